The molecule has 0 heterocycles. The Morgan fingerprint density at radius 3 is 2.24 bits per heavy atom. The minimum absolute atomic E-state index is 0.161. The van der Waals surface area contributed by atoms with E-state index in [0.29, 0.717) is 5.69 Å². The molecule has 0 radical (unpaired) electrons. The van der Waals surface area contributed by atoms with Crippen molar-refractivity contribution in [3.63, 3.8) is 0 Å². The van der Waals surface area contributed by atoms with E-state index in [1.54, 1.807) is 6.07 Å². The molecule has 2 rings (SSSR count). The van der Waals surface area contributed by atoms with Gasteiger partial charge in [0.05, 0.1) is 11.9 Å². The van der Waals surface area contributed by atoms with Gasteiger partial charge in [-0.25, -0.2) is 8.42 Å². The fourth-order valence-corrected chi connectivity index (χ4v) is 4.13. The highest BCUT2D eigenvalue weighted by Gasteiger charge is 2.23. The maximum atomic E-state index is 12.5. The summed E-state index contributed by atoms with van der Waals surface area (Å²) in [6, 6.07) is 5.62. The average Bonchev–Trinajstić information content (AvgIpc) is 2.49. The molecule has 0 atom stereocenters. The summed E-state index contributed by atoms with van der Waals surface area (Å²) < 4.78 is 25.6. The number of nitrogens with one attached hydrogen (secondary N) is 1. The molecule has 5 nitrogen and oxygen atoms in total. The van der Waals surface area contributed by atoms with Crippen LogP contribution in [0.2, 0.25) is 0 Å². The predicted octanol–water partition coefficient (Wildman–Crippen LogP) is 3.30. The molecule has 0 aromatic heterocycles. The normalized spacial score (nSPS) is 16.8. The quantitative estimate of drug-likeness (QED) is 0.869. The molecular weight excluding hydrogens is 336 g/mol. The molecule has 1 fully saturated rings. The Morgan fingerprint density at radius 2 is 1.68 bits per heavy atom. The van der Waals surface area contributed by atoms with Gasteiger partial charge >= 0.3 is 0 Å². The molecule has 1 aliphatic carbocycles. The third-order valence-electron chi connectivity index (χ3n) is 4.94. The van der Waals surface area contributed by atoms with Crippen molar-refractivity contribution in [1.29, 1.82) is 0 Å². The summed E-state index contributed by atoms with van der Waals surface area (Å²) in [5.74, 6) is -0.228. The van der Waals surface area contributed by atoms with Crippen LogP contribution in [0.15, 0.2) is 18.2 Å². The minimum Gasteiger partial charge on any atom is -0.352 e. The van der Waals surface area contributed by atoms with Gasteiger partial charge in [0, 0.05) is 6.04 Å². The van der Waals surface area contributed by atoms with E-state index in [2.05, 4.69) is 5.32 Å². The molecule has 0 unspecified atom stereocenters. The summed E-state index contributed by atoms with van der Waals surface area (Å²) in [6.45, 7) is 3.75. The second-order valence-electron chi connectivity index (χ2n) is 7.15. The number of amides is 1. The smallest absolute Gasteiger partial charge is 0.240 e. The number of nitrogens with zero attached hydrogens (tertiary/aromatic N) is 1. The summed E-state index contributed by atoms with van der Waals surface area (Å²) in [5.41, 5.74) is 2.64. The van der Waals surface area contributed by atoms with Crippen LogP contribution in [0.4, 0.5) is 5.69 Å². The molecule has 6 heteroatoms. The first-order valence-electron chi connectivity index (χ1n) is 9.11. The van der Waals surface area contributed by atoms with Gasteiger partial charge in [-0.05, 0) is 49.9 Å². The number of aryl methyl sites for hydroxylation is 2. The van der Waals surface area contributed by atoms with Crippen molar-refractivity contribution in [2.24, 2.45) is 0 Å². The van der Waals surface area contributed by atoms with E-state index in [1.165, 1.54) is 23.6 Å². The molecule has 0 aliphatic heterocycles. The topological polar surface area (TPSA) is 66.5 Å². The van der Waals surface area contributed by atoms with E-state index in [1.807, 2.05) is 26.0 Å². The third-order valence-corrected chi connectivity index (χ3v) is 6.08. The lowest BCUT2D eigenvalue weighted by Crippen LogP contribution is -2.44. The largest absolute Gasteiger partial charge is 0.352 e. The maximum absolute atomic E-state index is 12.5. The summed E-state index contributed by atoms with van der Waals surface area (Å²) >= 11 is 0. The Kier molecular flexibility index (Phi) is 6.87. The number of benzene rings is 1. The number of rotatable bonds is 5. The van der Waals surface area contributed by atoms with Crippen LogP contribution in [0, 0.1) is 13.8 Å². The van der Waals surface area contributed by atoms with E-state index in [4.69, 9.17) is 0 Å². The Bertz CT molecular complexity index is 693. The molecule has 1 aliphatic rings. The van der Waals surface area contributed by atoms with Gasteiger partial charge in [-0.2, -0.15) is 0 Å². The van der Waals surface area contributed by atoms with Crippen LogP contribution in [0.5, 0.6) is 0 Å². The second kappa shape index (κ2) is 8.70. The zero-order chi connectivity index (χ0) is 18.4. The van der Waals surface area contributed by atoms with E-state index in [0.717, 1.165) is 43.1 Å². The molecule has 0 spiro atoms. The number of carbonyl (C=O) groups excluding carboxylic acids is 1. The molecule has 0 bridgehead atoms. The molecule has 1 aromatic carbocycles. The van der Waals surface area contributed by atoms with Gasteiger partial charge in [-0.15, -0.1) is 0 Å². The van der Waals surface area contributed by atoms with E-state index in [-0.39, 0.29) is 18.5 Å². The summed E-state index contributed by atoms with van der Waals surface area (Å²) in [7, 11) is -3.52. The van der Waals surface area contributed by atoms with Crippen molar-refractivity contribution >= 4 is 21.6 Å². The molecule has 1 amide bonds. The summed E-state index contributed by atoms with van der Waals surface area (Å²) in [5, 5.41) is 3.04. The van der Waals surface area contributed by atoms with Crippen LogP contribution in [-0.4, -0.2) is 33.2 Å². The first-order valence-corrected chi connectivity index (χ1v) is 11.0. The van der Waals surface area contributed by atoms with Crippen LogP contribution in [0.3, 0.4) is 0 Å². The van der Waals surface area contributed by atoms with Gasteiger partial charge in [0.2, 0.25) is 15.9 Å². The first-order chi connectivity index (χ1) is 11.8. The van der Waals surface area contributed by atoms with Gasteiger partial charge in [0.1, 0.15) is 6.54 Å². The average molecular weight is 367 g/mol. The number of hydrogen-bond acceptors (Lipinski definition) is 3. The lowest BCUT2D eigenvalue weighted by Gasteiger charge is -2.25. The maximum Gasteiger partial charge on any atom is 0.240 e. The molecule has 1 saturated carbocycles. The van der Waals surface area contributed by atoms with Crippen LogP contribution in [0.1, 0.15) is 56.1 Å². The Balaban J connectivity index is 2.08. The van der Waals surface area contributed by atoms with E-state index in [9.17, 15) is 13.2 Å². The van der Waals surface area contributed by atoms with Crippen molar-refractivity contribution in [2.75, 3.05) is 17.1 Å². The van der Waals surface area contributed by atoms with Crippen LogP contribution in [-0.2, 0) is 14.8 Å². The van der Waals surface area contributed by atoms with Crippen molar-refractivity contribution < 1.29 is 13.2 Å². The number of hydrogen-bond donors (Lipinski definition) is 1. The highest BCUT2D eigenvalue weighted by Crippen LogP contribution is 2.21. The number of carbonyl (C=O) groups is 1. The SMILES string of the molecule is Cc1ccc(N(CC(=O)NC2CCCCCCC2)S(C)(=O)=O)cc1C. The van der Waals surface area contributed by atoms with Crippen LogP contribution < -0.4 is 9.62 Å². The van der Waals surface area contributed by atoms with Gasteiger partial charge < -0.3 is 5.32 Å². The third kappa shape index (κ3) is 6.03. The van der Waals surface area contributed by atoms with Gasteiger partial charge in [0.15, 0.2) is 0 Å². The monoisotopic (exact) mass is 366 g/mol. The molecular formula is C19H30N2O3S. The first kappa shape index (κ1) is 19.8. The number of sulfonamides is 1. The van der Waals surface area contributed by atoms with Crippen molar-refractivity contribution in [1.82, 2.24) is 5.32 Å². The van der Waals surface area contributed by atoms with Crippen molar-refractivity contribution in [2.45, 2.75) is 64.8 Å². The van der Waals surface area contributed by atoms with Gasteiger partial charge in [0.25, 0.3) is 0 Å². The lowest BCUT2D eigenvalue weighted by atomic mass is 9.97. The zero-order valence-electron chi connectivity index (χ0n) is 15.5. The summed E-state index contributed by atoms with van der Waals surface area (Å²) in [4.78, 5) is 12.5. The van der Waals surface area contributed by atoms with Gasteiger partial charge in [-0.3, -0.25) is 9.10 Å². The van der Waals surface area contributed by atoms with E-state index >= 15 is 0 Å². The molecule has 0 saturated heterocycles. The van der Waals surface area contributed by atoms with Gasteiger partial charge in [-0.1, -0.05) is 38.2 Å². The molecule has 25 heavy (non-hydrogen) atoms. The fraction of sp³-hybridized carbons (Fsp3) is 0.632. The standard InChI is InChI=1S/C19H30N2O3S/c1-15-11-12-18(13-16(15)2)21(25(3,23)24)14-19(22)20-17-9-7-5-4-6-8-10-17/h11-13,17H,4-10,14H2,1-3H3,(H,20,22). The Labute approximate surface area is 151 Å². The van der Waals surface area contributed by atoms with Crippen molar-refractivity contribution in [3.05, 3.63) is 29.3 Å². The highest BCUT2D eigenvalue weighted by atomic mass is 32.2. The van der Waals surface area contributed by atoms with Crippen molar-refractivity contribution in [3.8, 4) is 0 Å². The zero-order valence-corrected chi connectivity index (χ0v) is 16.4. The predicted molar refractivity (Wildman–Crippen MR) is 102 cm³/mol. The molecule has 140 valence electrons. The van der Waals surface area contributed by atoms with Crippen LogP contribution in [0.25, 0.3) is 0 Å². The molecule has 1 aromatic rings. The Hall–Kier alpha value is -1.56. The van der Waals surface area contributed by atoms with E-state index < -0.39 is 10.0 Å². The summed E-state index contributed by atoms with van der Waals surface area (Å²) in [6.07, 6.45) is 9.05. The fourth-order valence-electron chi connectivity index (χ4n) is 3.28. The minimum atomic E-state index is -3.52. The highest BCUT2D eigenvalue weighted by molar-refractivity contribution is 7.92. The van der Waals surface area contributed by atoms with Crippen LogP contribution >= 0.6 is 0 Å². The lowest BCUT2D eigenvalue weighted by molar-refractivity contribution is -0.120. The second-order valence-corrected chi connectivity index (χ2v) is 9.05. The number of anilines is 1. The molecule has 1 N–H and O–H groups in total. The Morgan fingerprint density at radius 1 is 1.08 bits per heavy atom.